The molecule has 0 aliphatic heterocycles. The number of halogens is 1. The normalized spacial score (nSPS) is 11.9. The van der Waals surface area contributed by atoms with Gasteiger partial charge in [-0.05, 0) is 24.6 Å². The monoisotopic (exact) mass is 259 g/mol. The van der Waals surface area contributed by atoms with Gasteiger partial charge in [0.25, 0.3) is 5.91 Å². The molecule has 98 valence electrons. The third kappa shape index (κ3) is 2.98. The van der Waals surface area contributed by atoms with Crippen LogP contribution in [0.2, 0.25) is 0 Å². The Morgan fingerprint density at radius 2 is 1.84 bits per heavy atom. The van der Waals surface area contributed by atoms with Gasteiger partial charge in [-0.2, -0.15) is 0 Å². The molecule has 1 unspecified atom stereocenters. The first-order valence-corrected chi connectivity index (χ1v) is 5.88. The SMILES string of the molecule is Cc1c(F)cccc1NC(=O)C(O)c1ccccc1. The van der Waals surface area contributed by atoms with Gasteiger partial charge in [-0.3, -0.25) is 4.79 Å². The second-order valence-corrected chi connectivity index (χ2v) is 4.21. The summed E-state index contributed by atoms with van der Waals surface area (Å²) >= 11 is 0. The Hall–Kier alpha value is -2.20. The molecule has 1 atom stereocenters. The summed E-state index contributed by atoms with van der Waals surface area (Å²) in [4.78, 5) is 11.9. The van der Waals surface area contributed by atoms with Crippen molar-refractivity contribution in [1.29, 1.82) is 0 Å². The van der Waals surface area contributed by atoms with Crippen molar-refractivity contribution in [3.63, 3.8) is 0 Å². The zero-order valence-corrected chi connectivity index (χ0v) is 10.4. The van der Waals surface area contributed by atoms with E-state index in [2.05, 4.69) is 5.32 Å². The zero-order chi connectivity index (χ0) is 13.8. The van der Waals surface area contributed by atoms with Crippen molar-refractivity contribution in [2.75, 3.05) is 5.32 Å². The van der Waals surface area contributed by atoms with Crippen LogP contribution in [-0.4, -0.2) is 11.0 Å². The van der Waals surface area contributed by atoms with Crippen LogP contribution >= 0.6 is 0 Å². The number of rotatable bonds is 3. The van der Waals surface area contributed by atoms with E-state index in [-0.39, 0.29) is 0 Å². The number of aliphatic hydroxyl groups excluding tert-OH is 1. The van der Waals surface area contributed by atoms with Crippen LogP contribution < -0.4 is 5.32 Å². The number of amides is 1. The molecular weight excluding hydrogens is 245 g/mol. The van der Waals surface area contributed by atoms with Gasteiger partial charge in [0.1, 0.15) is 5.82 Å². The van der Waals surface area contributed by atoms with Crippen LogP contribution in [0.25, 0.3) is 0 Å². The van der Waals surface area contributed by atoms with E-state index in [9.17, 15) is 14.3 Å². The van der Waals surface area contributed by atoms with Gasteiger partial charge in [-0.15, -0.1) is 0 Å². The third-order valence-electron chi connectivity index (χ3n) is 2.89. The van der Waals surface area contributed by atoms with Crippen LogP contribution in [0.3, 0.4) is 0 Å². The number of benzene rings is 2. The van der Waals surface area contributed by atoms with Crippen LogP contribution in [0.5, 0.6) is 0 Å². The van der Waals surface area contributed by atoms with Gasteiger partial charge in [0.05, 0.1) is 0 Å². The van der Waals surface area contributed by atoms with E-state index >= 15 is 0 Å². The quantitative estimate of drug-likeness (QED) is 0.890. The zero-order valence-electron chi connectivity index (χ0n) is 10.4. The smallest absolute Gasteiger partial charge is 0.257 e. The first-order chi connectivity index (χ1) is 9.09. The third-order valence-corrected chi connectivity index (χ3v) is 2.89. The molecule has 2 rings (SSSR count). The fraction of sp³-hybridized carbons (Fsp3) is 0.133. The van der Waals surface area contributed by atoms with Gasteiger partial charge in [0.15, 0.2) is 6.10 Å². The summed E-state index contributed by atoms with van der Waals surface area (Å²) < 4.78 is 13.3. The fourth-order valence-corrected chi connectivity index (χ4v) is 1.73. The molecule has 2 aromatic carbocycles. The van der Waals surface area contributed by atoms with Crippen molar-refractivity contribution in [3.8, 4) is 0 Å². The Morgan fingerprint density at radius 3 is 2.53 bits per heavy atom. The summed E-state index contributed by atoms with van der Waals surface area (Å²) in [6.45, 7) is 1.57. The molecule has 0 radical (unpaired) electrons. The van der Waals surface area contributed by atoms with Crippen LogP contribution in [0.4, 0.5) is 10.1 Å². The minimum atomic E-state index is -1.27. The molecule has 0 aromatic heterocycles. The van der Waals surface area contributed by atoms with E-state index in [1.807, 2.05) is 0 Å². The van der Waals surface area contributed by atoms with Crippen LogP contribution in [0.1, 0.15) is 17.2 Å². The lowest BCUT2D eigenvalue weighted by Crippen LogP contribution is -2.21. The van der Waals surface area contributed by atoms with Gasteiger partial charge in [-0.25, -0.2) is 4.39 Å². The van der Waals surface area contributed by atoms with Crippen molar-refractivity contribution >= 4 is 11.6 Å². The fourth-order valence-electron chi connectivity index (χ4n) is 1.73. The molecule has 0 aliphatic carbocycles. The molecule has 0 fully saturated rings. The molecular formula is C15H14FNO2. The maximum atomic E-state index is 13.3. The van der Waals surface area contributed by atoms with Crippen molar-refractivity contribution in [2.24, 2.45) is 0 Å². The minimum absolute atomic E-state index is 0.344. The van der Waals surface area contributed by atoms with Crippen LogP contribution in [0.15, 0.2) is 48.5 Å². The number of carbonyl (C=O) groups excluding carboxylic acids is 1. The Bertz CT molecular complexity index is 584. The van der Waals surface area contributed by atoms with Crippen molar-refractivity contribution in [3.05, 3.63) is 65.5 Å². The summed E-state index contributed by atoms with van der Waals surface area (Å²) in [6, 6.07) is 13.0. The van der Waals surface area contributed by atoms with Gasteiger partial charge < -0.3 is 10.4 Å². The number of aliphatic hydroxyl groups is 1. The van der Waals surface area contributed by atoms with Gasteiger partial charge in [0.2, 0.25) is 0 Å². The minimum Gasteiger partial charge on any atom is -0.378 e. The lowest BCUT2D eigenvalue weighted by Gasteiger charge is -2.13. The predicted octanol–water partition coefficient (Wildman–Crippen LogP) is 2.81. The standard InChI is InChI=1S/C15H14FNO2/c1-10-12(16)8-5-9-13(10)17-15(19)14(18)11-6-3-2-4-7-11/h2-9,14,18H,1H3,(H,17,19). The van der Waals surface area contributed by atoms with Gasteiger partial charge >= 0.3 is 0 Å². The molecule has 2 aromatic rings. The first-order valence-electron chi connectivity index (χ1n) is 5.88. The summed E-state index contributed by atoms with van der Waals surface area (Å²) in [7, 11) is 0. The largest absolute Gasteiger partial charge is 0.378 e. The Balaban J connectivity index is 2.15. The van der Waals surface area contributed by atoms with E-state index in [1.165, 1.54) is 12.1 Å². The molecule has 19 heavy (non-hydrogen) atoms. The average molecular weight is 259 g/mol. The maximum Gasteiger partial charge on any atom is 0.257 e. The highest BCUT2D eigenvalue weighted by Gasteiger charge is 2.18. The molecule has 0 saturated carbocycles. The number of carbonyl (C=O) groups is 1. The summed E-state index contributed by atoms with van der Waals surface area (Å²) in [6.07, 6.45) is -1.27. The van der Waals surface area contributed by atoms with E-state index in [0.29, 0.717) is 16.8 Å². The second kappa shape index (κ2) is 5.63. The molecule has 4 heteroatoms. The second-order valence-electron chi connectivity index (χ2n) is 4.21. The molecule has 3 nitrogen and oxygen atoms in total. The summed E-state index contributed by atoms with van der Waals surface area (Å²) in [5.41, 5.74) is 1.20. The maximum absolute atomic E-state index is 13.3. The van der Waals surface area contributed by atoms with Crippen LogP contribution in [0, 0.1) is 12.7 Å². The van der Waals surface area contributed by atoms with E-state index < -0.39 is 17.8 Å². The Labute approximate surface area is 110 Å². The number of hydrogen-bond donors (Lipinski definition) is 2. The lowest BCUT2D eigenvalue weighted by atomic mass is 10.1. The van der Waals surface area contributed by atoms with Gasteiger partial charge in [0, 0.05) is 11.3 Å². The van der Waals surface area contributed by atoms with Crippen molar-refractivity contribution in [1.82, 2.24) is 0 Å². The number of anilines is 1. The van der Waals surface area contributed by atoms with E-state index in [1.54, 1.807) is 43.3 Å². The highest BCUT2D eigenvalue weighted by Crippen LogP contribution is 2.20. The van der Waals surface area contributed by atoms with Gasteiger partial charge in [-0.1, -0.05) is 36.4 Å². The predicted molar refractivity (Wildman–Crippen MR) is 71.2 cm³/mol. The molecule has 0 aliphatic rings. The molecule has 0 saturated heterocycles. The van der Waals surface area contributed by atoms with Crippen molar-refractivity contribution in [2.45, 2.75) is 13.0 Å². The molecule has 0 bridgehead atoms. The topological polar surface area (TPSA) is 49.3 Å². The number of nitrogens with one attached hydrogen (secondary N) is 1. The van der Waals surface area contributed by atoms with Crippen molar-refractivity contribution < 1.29 is 14.3 Å². The summed E-state index contributed by atoms with van der Waals surface area (Å²) in [5.74, 6) is -0.980. The van der Waals surface area contributed by atoms with E-state index in [0.717, 1.165) is 0 Å². The molecule has 0 spiro atoms. The lowest BCUT2D eigenvalue weighted by molar-refractivity contribution is -0.124. The highest BCUT2D eigenvalue weighted by molar-refractivity contribution is 5.95. The van der Waals surface area contributed by atoms with Crippen LogP contribution in [-0.2, 0) is 4.79 Å². The Kier molecular flexibility index (Phi) is 3.92. The number of hydrogen-bond acceptors (Lipinski definition) is 2. The Morgan fingerprint density at radius 1 is 1.16 bits per heavy atom. The average Bonchev–Trinajstić information content (AvgIpc) is 2.44. The molecule has 1 amide bonds. The molecule has 0 heterocycles. The summed E-state index contributed by atoms with van der Waals surface area (Å²) in [5, 5.41) is 12.4. The van der Waals surface area contributed by atoms with E-state index in [4.69, 9.17) is 0 Å². The first kappa shape index (κ1) is 13.2. The highest BCUT2D eigenvalue weighted by atomic mass is 19.1. The molecule has 2 N–H and O–H groups in total.